The van der Waals surface area contributed by atoms with Gasteiger partial charge in [-0.25, -0.2) is 4.98 Å². The van der Waals surface area contributed by atoms with Crippen LogP contribution in [0.1, 0.15) is 31.2 Å². The molecule has 0 saturated carbocycles. The number of benzene rings is 1. The molecule has 0 aliphatic carbocycles. The summed E-state index contributed by atoms with van der Waals surface area (Å²) < 4.78 is 2.25. The van der Waals surface area contributed by atoms with Crippen molar-refractivity contribution >= 4 is 23.6 Å². The van der Waals surface area contributed by atoms with Crippen molar-refractivity contribution in [3.8, 4) is 0 Å². The monoisotopic (exact) mass is 357 g/mol. The Kier molecular flexibility index (Phi) is 5.92. The van der Waals surface area contributed by atoms with Crippen LogP contribution in [0.25, 0.3) is 6.08 Å². The second-order valence-corrected chi connectivity index (χ2v) is 6.88. The Morgan fingerprint density at radius 3 is 2.80 bits per heavy atom. The molecular formula is C20H24ClN3O. The van der Waals surface area contributed by atoms with Gasteiger partial charge in [0.25, 0.3) is 0 Å². The number of amides is 1. The lowest BCUT2D eigenvalue weighted by Crippen LogP contribution is -2.38. The maximum Gasteiger partial charge on any atom is 0.246 e. The van der Waals surface area contributed by atoms with Crippen LogP contribution in [0.4, 0.5) is 0 Å². The smallest absolute Gasteiger partial charge is 0.246 e. The topological polar surface area (TPSA) is 38.1 Å². The van der Waals surface area contributed by atoms with Crippen LogP contribution in [-0.4, -0.2) is 33.4 Å². The average Bonchev–Trinajstić information content (AvgIpc) is 3.08. The zero-order valence-electron chi connectivity index (χ0n) is 14.6. The molecule has 5 heteroatoms. The molecule has 0 N–H and O–H groups in total. The summed E-state index contributed by atoms with van der Waals surface area (Å²) in [5, 5.41) is 0.664. The van der Waals surface area contributed by atoms with Crippen LogP contribution in [0.5, 0.6) is 0 Å². The maximum atomic E-state index is 12.4. The van der Waals surface area contributed by atoms with Gasteiger partial charge in [-0.3, -0.25) is 4.79 Å². The SMILES string of the molecule is CCc1nccn1CC1CCN(C(=O)/C=C/c2ccccc2Cl)CC1. The molecule has 1 aromatic carbocycles. The zero-order valence-corrected chi connectivity index (χ0v) is 15.3. The fourth-order valence-electron chi connectivity index (χ4n) is 3.31. The van der Waals surface area contributed by atoms with Crippen molar-refractivity contribution in [1.82, 2.24) is 14.5 Å². The molecule has 0 radical (unpaired) electrons. The number of rotatable bonds is 5. The van der Waals surface area contributed by atoms with E-state index in [1.165, 1.54) is 0 Å². The number of nitrogens with zero attached hydrogens (tertiary/aromatic N) is 3. The van der Waals surface area contributed by atoms with E-state index in [0.29, 0.717) is 10.9 Å². The predicted molar refractivity (Wildman–Crippen MR) is 101 cm³/mol. The van der Waals surface area contributed by atoms with Crippen LogP contribution in [-0.2, 0) is 17.8 Å². The highest BCUT2D eigenvalue weighted by atomic mass is 35.5. The Morgan fingerprint density at radius 1 is 1.32 bits per heavy atom. The van der Waals surface area contributed by atoms with Crippen LogP contribution < -0.4 is 0 Å². The summed E-state index contributed by atoms with van der Waals surface area (Å²) >= 11 is 6.12. The summed E-state index contributed by atoms with van der Waals surface area (Å²) in [7, 11) is 0. The summed E-state index contributed by atoms with van der Waals surface area (Å²) in [6.07, 6.45) is 10.4. The Hall–Kier alpha value is -2.07. The molecule has 1 aliphatic heterocycles. The number of halogens is 1. The number of hydrogen-bond donors (Lipinski definition) is 0. The lowest BCUT2D eigenvalue weighted by molar-refractivity contribution is -0.127. The molecule has 2 heterocycles. The van der Waals surface area contributed by atoms with Crippen LogP contribution in [0.2, 0.25) is 5.02 Å². The first-order chi connectivity index (χ1) is 12.2. The van der Waals surface area contributed by atoms with Gasteiger partial charge in [-0.1, -0.05) is 36.7 Å². The van der Waals surface area contributed by atoms with Gasteiger partial charge < -0.3 is 9.47 Å². The van der Waals surface area contributed by atoms with Crippen LogP contribution in [0.3, 0.4) is 0 Å². The van der Waals surface area contributed by atoms with E-state index in [2.05, 4.69) is 22.7 Å². The van der Waals surface area contributed by atoms with Crippen molar-refractivity contribution in [3.63, 3.8) is 0 Å². The molecular weight excluding hydrogens is 334 g/mol. The molecule has 0 atom stereocenters. The maximum absolute atomic E-state index is 12.4. The molecule has 2 aromatic rings. The Bertz CT molecular complexity index is 745. The molecule has 1 aromatic heterocycles. The van der Waals surface area contributed by atoms with Crippen molar-refractivity contribution in [2.24, 2.45) is 5.92 Å². The van der Waals surface area contributed by atoms with E-state index in [9.17, 15) is 4.79 Å². The van der Waals surface area contributed by atoms with E-state index in [0.717, 1.165) is 50.3 Å². The number of aryl methyl sites for hydroxylation is 1. The van der Waals surface area contributed by atoms with Crippen molar-refractivity contribution in [3.05, 3.63) is 59.1 Å². The fraction of sp³-hybridized carbons (Fsp3) is 0.400. The number of likely N-dealkylation sites (tertiary alicyclic amines) is 1. The highest BCUT2D eigenvalue weighted by molar-refractivity contribution is 6.32. The van der Waals surface area contributed by atoms with E-state index >= 15 is 0 Å². The lowest BCUT2D eigenvalue weighted by atomic mass is 9.96. The quantitative estimate of drug-likeness (QED) is 0.757. The van der Waals surface area contributed by atoms with Gasteiger partial charge in [-0.05, 0) is 36.5 Å². The van der Waals surface area contributed by atoms with Crippen molar-refractivity contribution in [2.75, 3.05) is 13.1 Å². The summed E-state index contributed by atoms with van der Waals surface area (Å²) in [5.74, 6) is 1.81. The normalized spacial score (nSPS) is 15.8. The minimum absolute atomic E-state index is 0.0650. The van der Waals surface area contributed by atoms with Gasteiger partial charge in [-0.2, -0.15) is 0 Å². The first-order valence-corrected chi connectivity index (χ1v) is 9.26. The lowest BCUT2D eigenvalue weighted by Gasteiger charge is -2.31. The molecule has 1 fully saturated rings. The third-order valence-electron chi connectivity index (χ3n) is 4.81. The van der Waals surface area contributed by atoms with Crippen LogP contribution >= 0.6 is 11.6 Å². The molecule has 0 spiro atoms. The number of piperidine rings is 1. The first kappa shape index (κ1) is 17.7. The Balaban J connectivity index is 1.52. The van der Waals surface area contributed by atoms with Gasteiger partial charge in [-0.15, -0.1) is 0 Å². The predicted octanol–water partition coefficient (Wildman–Crippen LogP) is 4.05. The highest BCUT2D eigenvalue weighted by Crippen LogP contribution is 2.21. The van der Waals surface area contributed by atoms with Gasteiger partial charge in [0.05, 0.1) is 0 Å². The van der Waals surface area contributed by atoms with Gasteiger partial charge in [0, 0.05) is 49.5 Å². The van der Waals surface area contributed by atoms with Gasteiger partial charge in [0.2, 0.25) is 5.91 Å². The van der Waals surface area contributed by atoms with Crippen molar-refractivity contribution in [2.45, 2.75) is 32.7 Å². The molecule has 1 saturated heterocycles. The molecule has 0 bridgehead atoms. The van der Waals surface area contributed by atoms with E-state index in [-0.39, 0.29) is 5.91 Å². The minimum Gasteiger partial charge on any atom is -0.339 e. The van der Waals surface area contributed by atoms with Gasteiger partial charge in [0.15, 0.2) is 0 Å². The highest BCUT2D eigenvalue weighted by Gasteiger charge is 2.22. The summed E-state index contributed by atoms with van der Waals surface area (Å²) in [6.45, 7) is 4.76. The minimum atomic E-state index is 0.0650. The number of imidazole rings is 1. The van der Waals surface area contributed by atoms with E-state index in [1.807, 2.05) is 35.4 Å². The molecule has 3 rings (SSSR count). The zero-order chi connectivity index (χ0) is 17.6. The van der Waals surface area contributed by atoms with Crippen LogP contribution in [0.15, 0.2) is 42.7 Å². The van der Waals surface area contributed by atoms with Gasteiger partial charge >= 0.3 is 0 Å². The van der Waals surface area contributed by atoms with Gasteiger partial charge in [0.1, 0.15) is 5.82 Å². The van der Waals surface area contributed by atoms with E-state index in [4.69, 9.17) is 11.6 Å². The van der Waals surface area contributed by atoms with Crippen molar-refractivity contribution in [1.29, 1.82) is 0 Å². The molecule has 1 aliphatic rings. The average molecular weight is 358 g/mol. The molecule has 1 amide bonds. The van der Waals surface area contributed by atoms with Crippen LogP contribution in [0, 0.1) is 5.92 Å². The first-order valence-electron chi connectivity index (χ1n) is 8.89. The Morgan fingerprint density at radius 2 is 2.08 bits per heavy atom. The van der Waals surface area contributed by atoms with E-state index < -0.39 is 0 Å². The number of hydrogen-bond acceptors (Lipinski definition) is 2. The molecule has 4 nitrogen and oxygen atoms in total. The van der Waals surface area contributed by atoms with Crippen molar-refractivity contribution < 1.29 is 4.79 Å². The number of aromatic nitrogens is 2. The molecule has 25 heavy (non-hydrogen) atoms. The largest absolute Gasteiger partial charge is 0.339 e. The second kappa shape index (κ2) is 8.34. The third kappa shape index (κ3) is 4.51. The fourth-order valence-corrected chi connectivity index (χ4v) is 3.51. The summed E-state index contributed by atoms with van der Waals surface area (Å²) in [4.78, 5) is 18.7. The standard InChI is InChI=1S/C20H24ClN3O/c1-2-19-22-11-14-24(19)15-16-9-12-23(13-10-16)20(25)8-7-17-5-3-4-6-18(17)21/h3-8,11,14,16H,2,9-10,12-13,15H2,1H3/b8-7+. The third-order valence-corrected chi connectivity index (χ3v) is 5.15. The Labute approximate surface area is 154 Å². The summed E-state index contributed by atoms with van der Waals surface area (Å²) in [5.41, 5.74) is 0.875. The summed E-state index contributed by atoms with van der Waals surface area (Å²) in [6, 6.07) is 7.55. The number of carbonyl (C=O) groups is 1. The van der Waals surface area contributed by atoms with E-state index in [1.54, 1.807) is 12.2 Å². The molecule has 0 unspecified atom stereocenters. The second-order valence-electron chi connectivity index (χ2n) is 6.47. The molecule has 132 valence electrons. The number of carbonyl (C=O) groups excluding carboxylic acids is 1.